The highest BCUT2D eigenvalue weighted by Gasteiger charge is 2.37. The zero-order valence-electron chi connectivity index (χ0n) is 18.4. The number of ether oxygens (including phenoxy) is 3. The van der Waals surface area contributed by atoms with Gasteiger partial charge in [0, 0.05) is 6.07 Å². The van der Waals surface area contributed by atoms with E-state index in [1.54, 1.807) is 66.7 Å². The summed E-state index contributed by atoms with van der Waals surface area (Å²) in [5, 5.41) is 2.77. The van der Waals surface area contributed by atoms with Gasteiger partial charge in [-0.05, 0) is 43.3 Å². The second-order valence-corrected chi connectivity index (χ2v) is 9.34. The number of benzene rings is 3. The van der Waals surface area contributed by atoms with Crippen molar-refractivity contribution in [2.24, 2.45) is 0 Å². The number of carbonyl (C=O) groups excluding carboxylic acids is 1. The fraction of sp³-hybridized carbons (Fsp3) is 0.208. The Balaban J connectivity index is 1.67. The van der Waals surface area contributed by atoms with Crippen molar-refractivity contribution in [3.8, 4) is 17.2 Å². The molecule has 1 heterocycles. The molecule has 9 heteroatoms. The minimum atomic E-state index is -3.93. The Kier molecular flexibility index (Phi) is 6.15. The Morgan fingerprint density at radius 3 is 2.45 bits per heavy atom. The first kappa shape index (κ1) is 22.5. The zero-order chi connectivity index (χ0) is 23.6. The monoisotopic (exact) mass is 468 g/mol. The average molecular weight is 469 g/mol. The number of methoxy groups -OCH3 is 2. The van der Waals surface area contributed by atoms with Crippen LogP contribution in [-0.2, 0) is 14.8 Å². The SMILES string of the molecule is COc1ccc(OC)c(NC(=O)C2CN(S(=O)(=O)c3ccc(C)cc3)c3ccccc3O2)c1. The van der Waals surface area contributed by atoms with Gasteiger partial charge in [0.25, 0.3) is 15.9 Å². The van der Waals surface area contributed by atoms with E-state index in [2.05, 4.69) is 5.32 Å². The molecule has 1 amide bonds. The summed E-state index contributed by atoms with van der Waals surface area (Å²) in [7, 11) is -0.923. The summed E-state index contributed by atoms with van der Waals surface area (Å²) in [5.41, 5.74) is 1.71. The Hall–Kier alpha value is -3.72. The second-order valence-electron chi connectivity index (χ2n) is 7.48. The number of hydrogen-bond acceptors (Lipinski definition) is 6. The van der Waals surface area contributed by atoms with Crippen molar-refractivity contribution in [3.05, 3.63) is 72.3 Å². The van der Waals surface area contributed by atoms with Gasteiger partial charge in [0.05, 0.1) is 37.0 Å². The lowest BCUT2D eigenvalue weighted by Gasteiger charge is -2.34. The molecule has 0 radical (unpaired) electrons. The van der Waals surface area contributed by atoms with E-state index in [0.29, 0.717) is 28.6 Å². The van der Waals surface area contributed by atoms with Gasteiger partial charge < -0.3 is 19.5 Å². The Bertz CT molecular complexity index is 1270. The first-order valence-electron chi connectivity index (χ1n) is 10.2. The first-order chi connectivity index (χ1) is 15.8. The molecule has 1 N–H and O–H groups in total. The van der Waals surface area contributed by atoms with Crippen molar-refractivity contribution >= 4 is 27.3 Å². The number of anilines is 2. The van der Waals surface area contributed by atoms with Gasteiger partial charge in [-0.3, -0.25) is 9.10 Å². The number of para-hydroxylation sites is 2. The number of hydrogen-bond donors (Lipinski definition) is 1. The van der Waals surface area contributed by atoms with Gasteiger partial charge >= 0.3 is 0 Å². The summed E-state index contributed by atoms with van der Waals surface area (Å²) in [6, 6.07) is 18.3. The molecule has 0 fully saturated rings. The molecule has 1 aliphatic heterocycles. The van der Waals surface area contributed by atoms with Crippen molar-refractivity contribution in [2.75, 3.05) is 30.4 Å². The van der Waals surface area contributed by atoms with Crippen LogP contribution in [0.2, 0.25) is 0 Å². The molecular weight excluding hydrogens is 444 g/mol. The van der Waals surface area contributed by atoms with Crippen LogP contribution < -0.4 is 23.8 Å². The topological polar surface area (TPSA) is 94.2 Å². The molecule has 0 spiro atoms. The van der Waals surface area contributed by atoms with Crippen LogP contribution in [0.25, 0.3) is 0 Å². The summed E-state index contributed by atoms with van der Waals surface area (Å²) < 4.78 is 44.6. The Morgan fingerprint density at radius 1 is 1.03 bits per heavy atom. The van der Waals surface area contributed by atoms with Gasteiger partial charge in [0.1, 0.15) is 17.2 Å². The Labute approximate surface area is 192 Å². The normalized spacial score (nSPS) is 15.2. The number of fused-ring (bicyclic) bond motifs is 1. The molecule has 0 aromatic heterocycles. The fourth-order valence-electron chi connectivity index (χ4n) is 3.53. The number of nitrogens with one attached hydrogen (secondary N) is 1. The molecule has 3 aromatic rings. The van der Waals surface area contributed by atoms with Crippen LogP contribution in [0.4, 0.5) is 11.4 Å². The van der Waals surface area contributed by atoms with E-state index in [1.807, 2.05) is 6.92 Å². The molecule has 3 aromatic carbocycles. The predicted octanol–water partition coefficient (Wildman–Crippen LogP) is 3.61. The molecule has 0 saturated carbocycles. The molecule has 0 bridgehead atoms. The summed E-state index contributed by atoms with van der Waals surface area (Å²) in [4.78, 5) is 13.3. The van der Waals surface area contributed by atoms with Crippen molar-refractivity contribution in [1.82, 2.24) is 0 Å². The molecule has 8 nitrogen and oxygen atoms in total. The second kappa shape index (κ2) is 9.03. The molecule has 0 saturated heterocycles. The van der Waals surface area contributed by atoms with Gasteiger partial charge in [-0.15, -0.1) is 0 Å². The number of rotatable bonds is 6. The van der Waals surface area contributed by atoms with Gasteiger partial charge in [0.2, 0.25) is 0 Å². The maximum atomic E-state index is 13.5. The van der Waals surface area contributed by atoms with E-state index in [1.165, 1.54) is 18.5 Å². The molecule has 4 rings (SSSR count). The lowest BCUT2D eigenvalue weighted by Crippen LogP contribution is -2.48. The van der Waals surface area contributed by atoms with Crippen LogP contribution in [-0.4, -0.2) is 41.2 Å². The largest absolute Gasteiger partial charge is 0.497 e. The maximum absolute atomic E-state index is 13.5. The standard InChI is InChI=1S/C24H24N2O6S/c1-16-8-11-18(12-9-16)33(28,29)26-15-23(32-22-7-5-4-6-20(22)26)24(27)25-19-14-17(30-2)10-13-21(19)31-3/h4-14,23H,15H2,1-3H3,(H,25,27). The van der Waals surface area contributed by atoms with Gasteiger partial charge in [0.15, 0.2) is 6.10 Å². The number of aryl methyl sites for hydroxylation is 1. The minimum Gasteiger partial charge on any atom is -0.497 e. The van der Waals surface area contributed by atoms with Crippen LogP contribution in [0.5, 0.6) is 17.2 Å². The highest BCUT2D eigenvalue weighted by Crippen LogP contribution is 2.37. The molecule has 172 valence electrons. The quantitative estimate of drug-likeness (QED) is 0.594. The highest BCUT2D eigenvalue weighted by molar-refractivity contribution is 7.92. The summed E-state index contributed by atoms with van der Waals surface area (Å²) in [6.07, 6.45) is -1.09. The third kappa shape index (κ3) is 4.45. The zero-order valence-corrected chi connectivity index (χ0v) is 19.3. The van der Waals surface area contributed by atoms with Crippen molar-refractivity contribution in [2.45, 2.75) is 17.9 Å². The van der Waals surface area contributed by atoms with Crippen LogP contribution in [0.15, 0.2) is 71.6 Å². The lowest BCUT2D eigenvalue weighted by atomic mass is 10.2. The predicted molar refractivity (Wildman–Crippen MR) is 125 cm³/mol. The van der Waals surface area contributed by atoms with E-state index in [0.717, 1.165) is 5.56 Å². The molecule has 1 atom stereocenters. The third-order valence-corrected chi connectivity index (χ3v) is 7.09. The smallest absolute Gasteiger partial charge is 0.267 e. The summed E-state index contributed by atoms with van der Waals surface area (Å²) in [6.45, 7) is 1.69. The van der Waals surface area contributed by atoms with Crippen LogP contribution >= 0.6 is 0 Å². The van der Waals surface area contributed by atoms with Gasteiger partial charge in [-0.25, -0.2) is 8.42 Å². The van der Waals surface area contributed by atoms with Gasteiger partial charge in [-0.2, -0.15) is 0 Å². The van der Waals surface area contributed by atoms with Gasteiger partial charge in [-0.1, -0.05) is 29.8 Å². The van der Waals surface area contributed by atoms with Crippen LogP contribution in [0, 0.1) is 6.92 Å². The highest BCUT2D eigenvalue weighted by atomic mass is 32.2. The summed E-state index contributed by atoms with van der Waals surface area (Å²) in [5.74, 6) is 0.756. The van der Waals surface area contributed by atoms with E-state index >= 15 is 0 Å². The fourth-order valence-corrected chi connectivity index (χ4v) is 5.00. The molecule has 1 unspecified atom stereocenters. The number of sulfonamides is 1. The van der Waals surface area contributed by atoms with Crippen molar-refractivity contribution in [1.29, 1.82) is 0 Å². The number of nitrogens with zero attached hydrogens (tertiary/aromatic N) is 1. The van der Waals surface area contributed by atoms with Crippen molar-refractivity contribution in [3.63, 3.8) is 0 Å². The van der Waals surface area contributed by atoms with Crippen molar-refractivity contribution < 1.29 is 27.4 Å². The van der Waals surface area contributed by atoms with E-state index < -0.39 is 22.0 Å². The maximum Gasteiger partial charge on any atom is 0.267 e. The number of amides is 1. The summed E-state index contributed by atoms with van der Waals surface area (Å²) >= 11 is 0. The van der Waals surface area contributed by atoms with Crippen LogP contribution in [0.3, 0.4) is 0 Å². The minimum absolute atomic E-state index is 0.137. The lowest BCUT2D eigenvalue weighted by molar-refractivity contribution is -0.122. The first-order valence-corrected chi connectivity index (χ1v) is 11.7. The third-order valence-electron chi connectivity index (χ3n) is 5.30. The molecular formula is C24H24N2O6S. The van der Waals surface area contributed by atoms with E-state index in [-0.39, 0.29) is 11.4 Å². The van der Waals surface area contributed by atoms with E-state index in [9.17, 15) is 13.2 Å². The van der Waals surface area contributed by atoms with Crippen LogP contribution in [0.1, 0.15) is 5.56 Å². The van der Waals surface area contributed by atoms with E-state index in [4.69, 9.17) is 14.2 Å². The molecule has 0 aliphatic carbocycles. The Morgan fingerprint density at radius 2 is 1.76 bits per heavy atom. The average Bonchev–Trinajstić information content (AvgIpc) is 2.83. The molecule has 33 heavy (non-hydrogen) atoms. The molecule has 1 aliphatic rings. The number of carbonyl (C=O) groups is 1.